The lowest BCUT2D eigenvalue weighted by Gasteiger charge is -2.13. The van der Waals surface area contributed by atoms with Gasteiger partial charge in [0.1, 0.15) is 5.82 Å². The van der Waals surface area contributed by atoms with Crippen LogP contribution in [0.25, 0.3) is 0 Å². The Morgan fingerprint density at radius 2 is 2.17 bits per heavy atom. The molecule has 2 rings (SSSR count). The quantitative estimate of drug-likeness (QED) is 0.888. The Balaban J connectivity index is 2.10. The van der Waals surface area contributed by atoms with Crippen LogP contribution in [0.4, 0.5) is 0 Å². The standard InChI is InChI=1S/C15H25N3/c1-10(2)16-9-14-12(4)8-17-15(18-14)13-6-5-11(3)7-13/h8,10-11,13,16H,5-7,9H2,1-4H3. The number of aryl methyl sites for hydroxylation is 1. The molecule has 0 amide bonds. The van der Waals surface area contributed by atoms with Crippen molar-refractivity contribution < 1.29 is 0 Å². The van der Waals surface area contributed by atoms with E-state index in [1.165, 1.54) is 24.8 Å². The minimum atomic E-state index is 0.495. The Kier molecular flexibility index (Phi) is 4.33. The van der Waals surface area contributed by atoms with E-state index in [1.54, 1.807) is 0 Å². The molecule has 1 heterocycles. The fourth-order valence-corrected chi connectivity index (χ4v) is 2.61. The van der Waals surface area contributed by atoms with Crippen LogP contribution in [-0.2, 0) is 6.54 Å². The first-order valence-electron chi connectivity index (χ1n) is 7.12. The van der Waals surface area contributed by atoms with Crippen LogP contribution >= 0.6 is 0 Å². The predicted molar refractivity (Wildman–Crippen MR) is 74.5 cm³/mol. The molecule has 3 nitrogen and oxygen atoms in total. The minimum absolute atomic E-state index is 0.495. The van der Waals surface area contributed by atoms with Gasteiger partial charge in [-0.2, -0.15) is 0 Å². The monoisotopic (exact) mass is 247 g/mol. The van der Waals surface area contributed by atoms with Crippen LogP contribution in [-0.4, -0.2) is 16.0 Å². The van der Waals surface area contributed by atoms with Crippen molar-refractivity contribution in [3.63, 3.8) is 0 Å². The van der Waals surface area contributed by atoms with Crippen molar-refractivity contribution in [3.05, 3.63) is 23.3 Å². The Morgan fingerprint density at radius 1 is 1.39 bits per heavy atom. The molecule has 1 fully saturated rings. The Hall–Kier alpha value is -0.960. The number of aromatic nitrogens is 2. The first-order valence-corrected chi connectivity index (χ1v) is 7.12. The van der Waals surface area contributed by atoms with E-state index in [1.807, 2.05) is 6.20 Å². The van der Waals surface area contributed by atoms with E-state index in [-0.39, 0.29) is 0 Å². The zero-order valence-electron chi connectivity index (χ0n) is 12.0. The SMILES string of the molecule is Cc1cnc(C2CCC(C)C2)nc1CNC(C)C. The van der Waals surface area contributed by atoms with Crippen molar-refractivity contribution in [2.75, 3.05) is 0 Å². The highest BCUT2D eigenvalue weighted by Gasteiger charge is 2.25. The lowest BCUT2D eigenvalue weighted by Crippen LogP contribution is -2.23. The van der Waals surface area contributed by atoms with Gasteiger partial charge in [0, 0.05) is 24.7 Å². The molecule has 1 N–H and O–H groups in total. The maximum atomic E-state index is 4.79. The average molecular weight is 247 g/mol. The van der Waals surface area contributed by atoms with Gasteiger partial charge in [-0.25, -0.2) is 9.97 Å². The molecule has 2 atom stereocenters. The van der Waals surface area contributed by atoms with E-state index in [4.69, 9.17) is 4.98 Å². The largest absolute Gasteiger partial charge is 0.309 e. The summed E-state index contributed by atoms with van der Waals surface area (Å²) in [5.74, 6) is 2.47. The van der Waals surface area contributed by atoms with Crippen molar-refractivity contribution in [2.24, 2.45) is 5.92 Å². The molecular weight excluding hydrogens is 222 g/mol. The molecule has 2 unspecified atom stereocenters. The zero-order chi connectivity index (χ0) is 13.1. The third kappa shape index (κ3) is 3.29. The molecule has 3 heteroatoms. The molecule has 0 aromatic carbocycles. The second kappa shape index (κ2) is 5.79. The van der Waals surface area contributed by atoms with E-state index in [0.29, 0.717) is 12.0 Å². The second-order valence-corrected chi connectivity index (χ2v) is 6.01. The summed E-state index contributed by atoms with van der Waals surface area (Å²) in [6, 6.07) is 0.495. The van der Waals surface area contributed by atoms with Crippen LogP contribution in [0.15, 0.2) is 6.20 Å². The van der Waals surface area contributed by atoms with Gasteiger partial charge in [0.05, 0.1) is 5.69 Å². The third-order valence-corrected chi connectivity index (χ3v) is 3.83. The van der Waals surface area contributed by atoms with E-state index in [2.05, 4.69) is 38.0 Å². The molecule has 1 aromatic heterocycles. The summed E-state index contributed by atoms with van der Waals surface area (Å²) in [5, 5.41) is 3.44. The highest BCUT2D eigenvalue weighted by molar-refractivity contribution is 5.17. The normalized spacial score (nSPS) is 23.8. The van der Waals surface area contributed by atoms with E-state index in [0.717, 1.165) is 24.0 Å². The molecule has 18 heavy (non-hydrogen) atoms. The highest BCUT2D eigenvalue weighted by atomic mass is 15.0. The number of hydrogen-bond acceptors (Lipinski definition) is 3. The first kappa shape index (κ1) is 13.5. The lowest BCUT2D eigenvalue weighted by atomic mass is 10.1. The first-order chi connectivity index (χ1) is 8.56. The Bertz CT molecular complexity index is 401. The number of rotatable bonds is 4. The van der Waals surface area contributed by atoms with Crippen LogP contribution in [0.3, 0.4) is 0 Å². The van der Waals surface area contributed by atoms with Gasteiger partial charge in [0.15, 0.2) is 0 Å². The molecule has 1 saturated carbocycles. The predicted octanol–water partition coefficient (Wildman–Crippen LogP) is 3.19. The zero-order valence-corrected chi connectivity index (χ0v) is 12.0. The topological polar surface area (TPSA) is 37.8 Å². The summed E-state index contributed by atoms with van der Waals surface area (Å²) >= 11 is 0. The van der Waals surface area contributed by atoms with Crippen molar-refractivity contribution in [3.8, 4) is 0 Å². The van der Waals surface area contributed by atoms with E-state index >= 15 is 0 Å². The molecule has 0 bridgehead atoms. The van der Waals surface area contributed by atoms with Crippen molar-refractivity contribution in [1.29, 1.82) is 0 Å². The van der Waals surface area contributed by atoms with E-state index in [9.17, 15) is 0 Å². The Labute approximate surface area is 110 Å². The lowest BCUT2D eigenvalue weighted by molar-refractivity contribution is 0.563. The summed E-state index contributed by atoms with van der Waals surface area (Å²) in [6.45, 7) is 9.60. The smallest absolute Gasteiger partial charge is 0.131 e. The molecular formula is C15H25N3. The fourth-order valence-electron chi connectivity index (χ4n) is 2.61. The van der Waals surface area contributed by atoms with Crippen molar-refractivity contribution >= 4 is 0 Å². The average Bonchev–Trinajstić information content (AvgIpc) is 2.74. The van der Waals surface area contributed by atoms with Crippen LogP contribution < -0.4 is 5.32 Å². The highest BCUT2D eigenvalue weighted by Crippen LogP contribution is 2.36. The van der Waals surface area contributed by atoms with Gasteiger partial charge in [0.25, 0.3) is 0 Å². The molecule has 1 aliphatic rings. The summed E-state index contributed by atoms with van der Waals surface area (Å²) in [4.78, 5) is 9.33. The number of hydrogen-bond donors (Lipinski definition) is 1. The third-order valence-electron chi connectivity index (χ3n) is 3.83. The molecule has 0 spiro atoms. The molecule has 1 aromatic rings. The van der Waals surface area contributed by atoms with Gasteiger partial charge in [-0.05, 0) is 37.7 Å². The number of nitrogens with zero attached hydrogens (tertiary/aromatic N) is 2. The molecule has 1 aliphatic carbocycles. The maximum absolute atomic E-state index is 4.79. The van der Waals surface area contributed by atoms with Crippen molar-refractivity contribution in [2.45, 2.75) is 65.5 Å². The fraction of sp³-hybridized carbons (Fsp3) is 0.733. The van der Waals surface area contributed by atoms with Gasteiger partial charge >= 0.3 is 0 Å². The van der Waals surface area contributed by atoms with Gasteiger partial charge in [0.2, 0.25) is 0 Å². The number of nitrogens with one attached hydrogen (secondary N) is 1. The van der Waals surface area contributed by atoms with Gasteiger partial charge < -0.3 is 5.32 Å². The van der Waals surface area contributed by atoms with Crippen LogP contribution in [0.5, 0.6) is 0 Å². The maximum Gasteiger partial charge on any atom is 0.131 e. The van der Waals surface area contributed by atoms with Crippen molar-refractivity contribution in [1.82, 2.24) is 15.3 Å². The summed E-state index contributed by atoms with van der Waals surface area (Å²) < 4.78 is 0. The van der Waals surface area contributed by atoms with Crippen LogP contribution in [0.1, 0.15) is 63.0 Å². The van der Waals surface area contributed by atoms with Gasteiger partial charge in [-0.3, -0.25) is 0 Å². The second-order valence-electron chi connectivity index (χ2n) is 6.01. The van der Waals surface area contributed by atoms with Crippen LogP contribution in [0.2, 0.25) is 0 Å². The summed E-state index contributed by atoms with van der Waals surface area (Å²) in [7, 11) is 0. The van der Waals surface area contributed by atoms with Gasteiger partial charge in [-0.1, -0.05) is 20.8 Å². The molecule has 100 valence electrons. The van der Waals surface area contributed by atoms with Crippen LogP contribution in [0, 0.1) is 12.8 Å². The van der Waals surface area contributed by atoms with E-state index < -0.39 is 0 Å². The molecule has 0 radical (unpaired) electrons. The molecule has 0 aliphatic heterocycles. The Morgan fingerprint density at radius 3 is 2.78 bits per heavy atom. The summed E-state index contributed by atoms with van der Waals surface area (Å²) in [5.41, 5.74) is 2.35. The summed E-state index contributed by atoms with van der Waals surface area (Å²) in [6.07, 6.45) is 5.81. The minimum Gasteiger partial charge on any atom is -0.309 e. The van der Waals surface area contributed by atoms with Gasteiger partial charge in [-0.15, -0.1) is 0 Å². The molecule has 0 saturated heterocycles.